The van der Waals surface area contributed by atoms with E-state index in [1.54, 1.807) is 19.9 Å². The number of esters is 2. The van der Waals surface area contributed by atoms with Gasteiger partial charge in [-0.25, -0.2) is 9.59 Å². The maximum absolute atomic E-state index is 14.1. The van der Waals surface area contributed by atoms with E-state index in [1.165, 1.54) is 12.5 Å². The lowest BCUT2D eigenvalue weighted by molar-refractivity contribution is -0.320. The summed E-state index contributed by atoms with van der Waals surface area (Å²) in [4.78, 5) is 40.2. The second-order valence-electron chi connectivity index (χ2n) is 12.9. The number of rotatable bonds is 3. The zero-order chi connectivity index (χ0) is 26.5. The lowest BCUT2D eigenvalue weighted by Crippen LogP contribution is -2.76. The highest BCUT2D eigenvalue weighted by atomic mass is 16.6. The van der Waals surface area contributed by atoms with E-state index in [-0.39, 0.29) is 6.42 Å². The fraction of sp³-hybridized carbons (Fsp3) is 0.741. The number of aliphatic hydroxyl groups excluding tert-OH is 1. The van der Waals surface area contributed by atoms with Crippen LogP contribution in [0.3, 0.4) is 0 Å². The molecule has 2 saturated heterocycles. The minimum absolute atomic E-state index is 0.0267. The number of carbonyl (C=O) groups excluding carboxylic acids is 3. The maximum Gasteiger partial charge on any atom is 0.336 e. The molecule has 6 fully saturated rings. The molecule has 2 aliphatic heterocycles. The second-order valence-corrected chi connectivity index (χ2v) is 12.9. The summed E-state index contributed by atoms with van der Waals surface area (Å²) in [7, 11) is 1.16. The van der Waals surface area contributed by atoms with Crippen molar-refractivity contribution in [2.45, 2.75) is 75.7 Å². The molecule has 13 unspecified atom stereocenters. The maximum atomic E-state index is 14.1. The minimum Gasteiger partial charge on any atom is -0.472 e. The van der Waals surface area contributed by atoms with Crippen LogP contribution < -0.4 is 0 Å². The number of hydrogen-bond donors (Lipinski definition) is 3. The number of cyclic esters (lactones) is 1. The Hall–Kier alpha value is -2.27. The Bertz CT molecular complexity index is 1230. The van der Waals surface area contributed by atoms with Crippen molar-refractivity contribution in [2.75, 3.05) is 7.11 Å². The highest BCUT2D eigenvalue weighted by molar-refractivity contribution is 5.94. The van der Waals surface area contributed by atoms with E-state index in [1.807, 2.05) is 6.92 Å². The van der Waals surface area contributed by atoms with Gasteiger partial charge in [0, 0.05) is 33.6 Å². The molecule has 10 heteroatoms. The van der Waals surface area contributed by atoms with E-state index in [0.29, 0.717) is 18.4 Å². The lowest BCUT2D eigenvalue weighted by atomic mass is 9.44. The molecule has 200 valence electrons. The summed E-state index contributed by atoms with van der Waals surface area (Å²) < 4.78 is 22.3. The monoisotopic (exact) mass is 516 g/mol. The van der Waals surface area contributed by atoms with Crippen LogP contribution in [0.5, 0.6) is 0 Å². The van der Waals surface area contributed by atoms with Crippen LogP contribution in [-0.2, 0) is 28.6 Å². The summed E-state index contributed by atoms with van der Waals surface area (Å²) in [6.07, 6.45) is -0.940. The molecule has 37 heavy (non-hydrogen) atoms. The van der Waals surface area contributed by atoms with Crippen molar-refractivity contribution in [1.82, 2.24) is 0 Å². The normalized spacial score (nSPS) is 55.6. The molecule has 1 aromatic rings. The van der Waals surface area contributed by atoms with Crippen molar-refractivity contribution in [1.29, 1.82) is 0 Å². The topological polar surface area (TPSA) is 153 Å². The van der Waals surface area contributed by atoms with Gasteiger partial charge in [0.25, 0.3) is 0 Å². The predicted molar refractivity (Wildman–Crippen MR) is 121 cm³/mol. The molecule has 0 amide bonds. The van der Waals surface area contributed by atoms with Crippen LogP contribution in [0.4, 0.5) is 0 Å². The molecule has 4 saturated carbocycles. The largest absolute Gasteiger partial charge is 0.472 e. The number of hydrogen-bond acceptors (Lipinski definition) is 10. The Balaban J connectivity index is 1.47. The van der Waals surface area contributed by atoms with Crippen molar-refractivity contribution in [3.05, 3.63) is 24.2 Å². The Morgan fingerprint density at radius 3 is 2.54 bits per heavy atom. The first-order valence-corrected chi connectivity index (χ1v) is 12.9. The standard InChI is InChI=1S/C27H32O10/c1-23-7-5-12-25(3)16(13(28)21(30)34-4)24(2)10-26(25,32)18-14(19(24)29)36-15(17(23)27(12,18)33)22(31)37-20(23)11-6-8-35-9-11/h6,8-9,12-18,20,28,32-33H,5,7,10H2,1-4H3. The first-order valence-electron chi connectivity index (χ1n) is 12.9. The van der Waals surface area contributed by atoms with E-state index in [2.05, 4.69) is 0 Å². The van der Waals surface area contributed by atoms with Crippen molar-refractivity contribution in [3.8, 4) is 0 Å². The third-order valence-electron chi connectivity index (χ3n) is 11.8. The smallest absolute Gasteiger partial charge is 0.336 e. The Labute approximate surface area is 213 Å². The molecule has 13 atom stereocenters. The highest BCUT2D eigenvalue weighted by Gasteiger charge is 2.91. The zero-order valence-electron chi connectivity index (χ0n) is 21.2. The van der Waals surface area contributed by atoms with Crippen molar-refractivity contribution >= 4 is 17.7 Å². The Kier molecular flexibility index (Phi) is 4.28. The summed E-state index contributed by atoms with van der Waals surface area (Å²) in [5.41, 5.74) is -5.99. The molecule has 3 heterocycles. The van der Waals surface area contributed by atoms with E-state index < -0.39 is 93.3 Å². The predicted octanol–water partition coefficient (Wildman–Crippen LogP) is 0.918. The van der Waals surface area contributed by atoms with Crippen LogP contribution >= 0.6 is 0 Å². The summed E-state index contributed by atoms with van der Waals surface area (Å²) in [5.74, 6) is -5.43. The third-order valence-corrected chi connectivity index (χ3v) is 11.8. The quantitative estimate of drug-likeness (QED) is 0.494. The summed E-state index contributed by atoms with van der Waals surface area (Å²) in [6.45, 7) is 5.36. The molecule has 10 nitrogen and oxygen atoms in total. The average Bonchev–Trinajstić information content (AvgIpc) is 3.46. The SMILES string of the molecule is COC(=O)C(O)C1C2(C)CC3(O)C4C(OC5C(=O)OC(c6ccoc6)C6(C)CCC(C4(O)C56)C13C)C2=O. The molecule has 3 N–H and O–H groups in total. The molecule has 0 aromatic carbocycles. The van der Waals surface area contributed by atoms with Gasteiger partial charge >= 0.3 is 11.9 Å². The number of Topliss-reactive ketones (excluding diaryl/α,β-unsaturated/α-hetero) is 1. The minimum atomic E-state index is -1.68. The van der Waals surface area contributed by atoms with Gasteiger partial charge in [-0.2, -0.15) is 0 Å². The van der Waals surface area contributed by atoms with Crippen LogP contribution in [0.1, 0.15) is 51.7 Å². The van der Waals surface area contributed by atoms with Crippen LogP contribution in [-0.4, -0.2) is 69.7 Å². The molecule has 2 bridgehead atoms. The molecule has 0 spiro atoms. The summed E-state index contributed by atoms with van der Waals surface area (Å²) in [5, 5.41) is 36.7. The fourth-order valence-corrected chi connectivity index (χ4v) is 10.7. The third kappa shape index (κ3) is 2.22. The molecule has 6 aliphatic rings. The van der Waals surface area contributed by atoms with E-state index >= 15 is 0 Å². The van der Waals surface area contributed by atoms with Crippen LogP contribution in [0.15, 0.2) is 23.0 Å². The van der Waals surface area contributed by atoms with Gasteiger partial charge in [0.05, 0.1) is 36.8 Å². The molecular weight excluding hydrogens is 484 g/mol. The van der Waals surface area contributed by atoms with Crippen LogP contribution in [0.2, 0.25) is 0 Å². The Morgan fingerprint density at radius 1 is 1.16 bits per heavy atom. The highest BCUT2D eigenvalue weighted by Crippen LogP contribution is 2.82. The summed E-state index contributed by atoms with van der Waals surface area (Å²) >= 11 is 0. The molecule has 0 radical (unpaired) electrons. The molecule has 1 aromatic heterocycles. The Morgan fingerprint density at radius 2 is 1.89 bits per heavy atom. The van der Waals surface area contributed by atoms with Gasteiger partial charge in [0.1, 0.15) is 12.2 Å². The zero-order valence-corrected chi connectivity index (χ0v) is 21.2. The second kappa shape index (κ2) is 6.65. The van der Waals surface area contributed by atoms with E-state index in [0.717, 1.165) is 7.11 Å². The van der Waals surface area contributed by atoms with Gasteiger partial charge in [-0.15, -0.1) is 0 Å². The van der Waals surface area contributed by atoms with Gasteiger partial charge in [-0.05, 0) is 31.2 Å². The van der Waals surface area contributed by atoms with Crippen molar-refractivity contribution in [2.24, 2.45) is 39.9 Å². The van der Waals surface area contributed by atoms with E-state index in [4.69, 9.17) is 18.6 Å². The van der Waals surface area contributed by atoms with Crippen LogP contribution in [0.25, 0.3) is 0 Å². The number of ether oxygens (including phenoxy) is 3. The van der Waals surface area contributed by atoms with Gasteiger partial charge in [-0.3, -0.25) is 4.79 Å². The number of ketones is 1. The average molecular weight is 517 g/mol. The fourth-order valence-electron chi connectivity index (χ4n) is 10.7. The van der Waals surface area contributed by atoms with Gasteiger partial charge in [0.15, 0.2) is 18.0 Å². The number of methoxy groups -OCH3 is 1. The lowest BCUT2D eigenvalue weighted by Gasteiger charge is -2.66. The van der Waals surface area contributed by atoms with Crippen LogP contribution in [0, 0.1) is 39.9 Å². The van der Waals surface area contributed by atoms with Crippen molar-refractivity contribution in [3.63, 3.8) is 0 Å². The number of furan rings is 1. The van der Waals surface area contributed by atoms with Gasteiger partial charge in [-0.1, -0.05) is 20.8 Å². The first kappa shape index (κ1) is 23.8. The number of aliphatic hydroxyl groups is 3. The number of carbonyl (C=O) groups is 3. The molecular formula is C27H32O10. The van der Waals surface area contributed by atoms with Crippen molar-refractivity contribution < 1.29 is 48.3 Å². The van der Waals surface area contributed by atoms with Gasteiger partial charge in [0.2, 0.25) is 0 Å². The molecule has 4 aliphatic carbocycles. The van der Waals surface area contributed by atoms with E-state index in [9.17, 15) is 29.7 Å². The first-order chi connectivity index (χ1) is 17.3. The van der Waals surface area contributed by atoms with Gasteiger partial charge < -0.3 is 33.9 Å². The molecule has 7 rings (SSSR count). The number of fused-ring (bicyclic) bond motifs is 2. The summed E-state index contributed by atoms with van der Waals surface area (Å²) in [6, 6.07) is 1.72.